The molecule has 5 aliphatic carbocycles. The summed E-state index contributed by atoms with van der Waals surface area (Å²) in [6, 6.07) is 0. The Hall–Kier alpha value is -2.75. The van der Waals surface area contributed by atoms with Crippen molar-refractivity contribution in [3.05, 3.63) is 23.3 Å². The molecule has 0 aromatic carbocycles. The molecule has 4 heterocycles. The summed E-state index contributed by atoms with van der Waals surface area (Å²) in [6.07, 6.45) is -32.3. The highest BCUT2D eigenvalue weighted by Crippen LogP contribution is 2.76. The summed E-state index contributed by atoms with van der Waals surface area (Å²) in [4.78, 5) is 40.4. The van der Waals surface area contributed by atoms with Crippen LogP contribution in [0.4, 0.5) is 0 Å². The van der Waals surface area contributed by atoms with Crippen LogP contribution in [0.1, 0.15) is 107 Å². The fourth-order valence-electron chi connectivity index (χ4n) is 16.7. The van der Waals surface area contributed by atoms with Gasteiger partial charge in [0.25, 0.3) is 0 Å². The molecular weight excluding hydrogens is 1100 g/mol. The molecular formula is C57H88O26. The first-order valence-corrected chi connectivity index (χ1v) is 29.0. The molecule has 0 amide bonds. The van der Waals surface area contributed by atoms with Crippen LogP contribution in [0.2, 0.25) is 0 Å². The molecule has 26 nitrogen and oxygen atoms in total. The van der Waals surface area contributed by atoms with E-state index in [4.69, 9.17) is 42.6 Å². The molecule has 9 rings (SSSR count). The summed E-state index contributed by atoms with van der Waals surface area (Å²) in [6.45, 7) is 13.3. The zero-order chi connectivity index (χ0) is 61.0. The van der Waals surface area contributed by atoms with Gasteiger partial charge in [-0.2, -0.15) is 0 Å². The topological polar surface area (TPSA) is 418 Å². The van der Waals surface area contributed by atoms with Gasteiger partial charge in [0.05, 0.1) is 42.9 Å². The number of aliphatic carboxylic acids is 1. The number of hydrogen-bond acceptors (Lipinski definition) is 25. The molecule has 4 saturated carbocycles. The Kier molecular flexibility index (Phi) is 18.4. The van der Waals surface area contributed by atoms with Crippen LogP contribution in [-0.4, -0.2) is 245 Å². The van der Waals surface area contributed by atoms with E-state index in [0.717, 1.165) is 11.9 Å². The van der Waals surface area contributed by atoms with Crippen molar-refractivity contribution in [2.45, 2.75) is 242 Å². The molecule has 472 valence electrons. The van der Waals surface area contributed by atoms with E-state index in [1.165, 1.54) is 0 Å². The molecule has 30 atom stereocenters. The smallest absolute Gasteiger partial charge is 0.335 e. The number of carbonyl (C=O) groups is 3. The minimum atomic E-state index is -2.27. The van der Waals surface area contributed by atoms with E-state index in [1.807, 2.05) is 13.8 Å². The fraction of sp³-hybridized carbons (Fsp3) is 0.877. The van der Waals surface area contributed by atoms with Crippen LogP contribution >= 0.6 is 0 Å². The maximum absolute atomic E-state index is 14.1. The lowest BCUT2D eigenvalue weighted by Crippen LogP contribution is -2.72. The van der Waals surface area contributed by atoms with Crippen LogP contribution in [0.5, 0.6) is 0 Å². The standard InChI is InChI=1S/C57H88O26/c1-9-23(2)46(73)82-44-43(70)57(22-60)25(17-52(44,3)4)24-10-11-31-53(5)14-13-33(54(6,21-59)30(53)12-15-55(31,7)56(24,8)18-32(57)63)78-51-42(81-50-38(68)36(66)35(65)29(19-58)77-50)40(39(69)41(80-51)45(71)72)79-48-28(16-26(61)47(74)83-48)76-49-37(67)34(64)27(62)20-75-49/h9-10,21,25-44,47-51,58,60-70,74H,11-20,22H2,1-8H3,(H,71,72). The number of aldehydes is 1. The third-order valence-corrected chi connectivity index (χ3v) is 21.9. The van der Waals surface area contributed by atoms with Crippen molar-refractivity contribution in [1.82, 2.24) is 0 Å². The number of allylic oxidation sites excluding steroid dienone is 3. The molecule has 4 aliphatic heterocycles. The van der Waals surface area contributed by atoms with Gasteiger partial charge in [0.15, 0.2) is 37.6 Å². The first kappa shape index (κ1) is 64.7. The van der Waals surface area contributed by atoms with E-state index in [0.29, 0.717) is 37.7 Å². The Labute approximate surface area is 480 Å². The molecule has 0 spiro atoms. The van der Waals surface area contributed by atoms with Crippen molar-refractivity contribution in [1.29, 1.82) is 0 Å². The summed E-state index contributed by atoms with van der Waals surface area (Å²) in [7, 11) is 0. The van der Waals surface area contributed by atoms with Gasteiger partial charge >= 0.3 is 11.9 Å². The Bertz CT molecular complexity index is 2420. The predicted octanol–water partition coefficient (Wildman–Crippen LogP) is -2.24. The van der Waals surface area contributed by atoms with Crippen LogP contribution in [0.15, 0.2) is 23.3 Å². The van der Waals surface area contributed by atoms with E-state index in [9.17, 15) is 85.9 Å². The van der Waals surface area contributed by atoms with E-state index in [1.54, 1.807) is 26.8 Å². The summed E-state index contributed by atoms with van der Waals surface area (Å²) < 4.78 is 54.1. The highest BCUT2D eigenvalue weighted by molar-refractivity contribution is 5.87. The number of esters is 1. The van der Waals surface area contributed by atoms with Crippen LogP contribution in [0.3, 0.4) is 0 Å². The first-order chi connectivity index (χ1) is 38.8. The SMILES string of the molecule is CC=C(C)C(=O)OC1C(O)C2(CO)C(O)CC3(C)C(=CCC4C5(C)CCC(OC6OC(C(=O)O)C(O)C(OC7OC(O)C(O)CC7OC7OCC(O)C(O)C7O)C6OC6OC(CO)C(O)C(O)C6O)C(C)(C=O)C5CCC43C)C2CC1(C)C. The lowest BCUT2D eigenvalue weighted by molar-refractivity contribution is -0.405. The van der Waals surface area contributed by atoms with Crippen molar-refractivity contribution in [2.75, 3.05) is 19.8 Å². The highest BCUT2D eigenvalue weighted by Gasteiger charge is 2.73. The van der Waals surface area contributed by atoms with Gasteiger partial charge in [-0.15, -0.1) is 0 Å². The number of carboxylic acid groups (broad SMARTS) is 1. The van der Waals surface area contributed by atoms with E-state index >= 15 is 0 Å². The van der Waals surface area contributed by atoms with Crippen LogP contribution in [-0.2, 0) is 57.0 Å². The molecule has 26 heteroatoms. The Morgan fingerprint density at radius 3 is 2.04 bits per heavy atom. The molecule has 0 aromatic rings. The average molecular weight is 1190 g/mol. The minimum absolute atomic E-state index is 0.128. The van der Waals surface area contributed by atoms with Gasteiger partial charge < -0.3 is 119 Å². The third-order valence-electron chi connectivity index (χ3n) is 21.9. The Morgan fingerprint density at radius 2 is 1.40 bits per heavy atom. The Balaban J connectivity index is 1.04. The predicted molar refractivity (Wildman–Crippen MR) is 279 cm³/mol. The number of aliphatic hydroxyl groups excluding tert-OH is 13. The lowest BCUT2D eigenvalue weighted by Gasteiger charge is -2.72. The van der Waals surface area contributed by atoms with Gasteiger partial charge in [-0.25, -0.2) is 9.59 Å². The number of aliphatic hydroxyl groups is 13. The molecule has 0 bridgehead atoms. The van der Waals surface area contributed by atoms with E-state index < -0.39 is 218 Å². The number of carboxylic acids is 1. The van der Waals surface area contributed by atoms with Crippen molar-refractivity contribution >= 4 is 18.2 Å². The summed E-state index contributed by atoms with van der Waals surface area (Å²) in [5, 5.41) is 155. The lowest BCUT2D eigenvalue weighted by atomic mass is 9.33. The second kappa shape index (κ2) is 23.6. The molecule has 14 N–H and O–H groups in total. The molecule has 83 heavy (non-hydrogen) atoms. The highest BCUT2D eigenvalue weighted by atomic mass is 16.8. The van der Waals surface area contributed by atoms with E-state index in [2.05, 4.69) is 26.8 Å². The van der Waals surface area contributed by atoms with Gasteiger partial charge in [-0.05, 0) is 92.8 Å². The number of hydrogen-bond donors (Lipinski definition) is 14. The summed E-state index contributed by atoms with van der Waals surface area (Å²) >= 11 is 0. The van der Waals surface area contributed by atoms with Crippen LogP contribution in [0.25, 0.3) is 0 Å². The first-order valence-electron chi connectivity index (χ1n) is 29.0. The zero-order valence-electron chi connectivity index (χ0n) is 48.1. The largest absolute Gasteiger partial charge is 0.479 e. The van der Waals surface area contributed by atoms with Crippen molar-refractivity contribution in [3.63, 3.8) is 0 Å². The molecule has 8 fully saturated rings. The number of carbonyl (C=O) groups excluding carboxylic acids is 2. The van der Waals surface area contributed by atoms with Crippen molar-refractivity contribution in [2.24, 2.45) is 50.2 Å². The maximum Gasteiger partial charge on any atom is 0.335 e. The summed E-state index contributed by atoms with van der Waals surface area (Å²) in [5.74, 6) is -3.45. The van der Waals surface area contributed by atoms with Gasteiger partial charge in [0, 0.05) is 17.4 Å². The van der Waals surface area contributed by atoms with E-state index in [-0.39, 0.29) is 18.8 Å². The zero-order valence-corrected chi connectivity index (χ0v) is 48.1. The van der Waals surface area contributed by atoms with Crippen LogP contribution < -0.4 is 0 Å². The monoisotopic (exact) mass is 1190 g/mol. The molecule has 0 radical (unpaired) electrons. The Morgan fingerprint density at radius 1 is 0.723 bits per heavy atom. The normalized spacial score (nSPS) is 52.6. The number of fused-ring (bicyclic) bond motifs is 7. The third kappa shape index (κ3) is 10.5. The number of ether oxygens (including phenoxy) is 9. The molecule has 9 aliphatic rings. The second-order valence-electron chi connectivity index (χ2n) is 26.7. The van der Waals surface area contributed by atoms with Gasteiger partial charge in [0.1, 0.15) is 91.7 Å². The van der Waals surface area contributed by atoms with Gasteiger partial charge in [-0.3, -0.25) is 0 Å². The maximum atomic E-state index is 14.1. The second-order valence-corrected chi connectivity index (χ2v) is 26.7. The number of rotatable bonds is 14. The van der Waals surface area contributed by atoms with Gasteiger partial charge in [0.2, 0.25) is 0 Å². The van der Waals surface area contributed by atoms with Crippen LogP contribution in [0, 0.1) is 50.2 Å². The van der Waals surface area contributed by atoms with Crippen molar-refractivity contribution < 1.29 is 129 Å². The van der Waals surface area contributed by atoms with Crippen molar-refractivity contribution in [3.8, 4) is 0 Å². The minimum Gasteiger partial charge on any atom is -0.479 e. The molecule has 30 unspecified atom stereocenters. The summed E-state index contributed by atoms with van der Waals surface area (Å²) in [5.41, 5.74) is -4.21. The van der Waals surface area contributed by atoms with Gasteiger partial charge in [-0.1, -0.05) is 59.3 Å². The average Bonchev–Trinajstić information content (AvgIpc) is 0.722. The molecule has 4 saturated heterocycles. The fourth-order valence-corrected chi connectivity index (χ4v) is 16.7. The quantitative estimate of drug-likeness (QED) is 0.0288. The molecule has 0 aromatic heterocycles.